The number of amides is 1. The Bertz CT molecular complexity index is 558. The third kappa shape index (κ3) is 9.43. The fourth-order valence-electron chi connectivity index (χ4n) is 2.68. The lowest BCUT2D eigenvalue weighted by Crippen LogP contribution is -2.36. The Labute approximate surface area is 162 Å². The van der Waals surface area contributed by atoms with Crippen molar-refractivity contribution < 1.29 is 24.2 Å². The van der Waals surface area contributed by atoms with Crippen molar-refractivity contribution in [2.45, 2.75) is 71.5 Å². The first-order chi connectivity index (χ1) is 13.0. The number of hydrogen-bond acceptors (Lipinski definition) is 4. The molecule has 152 valence electrons. The number of carbonyl (C=O) groups is 2. The van der Waals surface area contributed by atoms with Crippen molar-refractivity contribution in [1.29, 1.82) is 0 Å². The Morgan fingerprint density at radius 2 is 1.74 bits per heavy atom. The summed E-state index contributed by atoms with van der Waals surface area (Å²) < 4.78 is 10.9. The van der Waals surface area contributed by atoms with Crippen LogP contribution in [0.1, 0.15) is 58.4 Å². The van der Waals surface area contributed by atoms with E-state index in [1.54, 1.807) is 38.1 Å². The van der Waals surface area contributed by atoms with Gasteiger partial charge in [0.2, 0.25) is 0 Å². The normalized spacial score (nSPS) is 13.0. The molecular formula is C21H33NO5. The largest absolute Gasteiger partial charge is 0.481 e. The zero-order valence-electron chi connectivity index (χ0n) is 16.7. The van der Waals surface area contributed by atoms with Crippen molar-refractivity contribution in [2.24, 2.45) is 0 Å². The molecule has 0 aliphatic heterocycles. The van der Waals surface area contributed by atoms with Crippen LogP contribution >= 0.6 is 0 Å². The minimum Gasteiger partial charge on any atom is -0.481 e. The van der Waals surface area contributed by atoms with Crippen molar-refractivity contribution in [2.75, 3.05) is 13.2 Å². The number of carbonyl (C=O) groups excluding carboxylic acids is 1. The zero-order valence-corrected chi connectivity index (χ0v) is 16.7. The highest BCUT2D eigenvalue weighted by Crippen LogP contribution is 2.16. The highest BCUT2D eigenvalue weighted by molar-refractivity contribution is 5.80. The molecule has 0 aromatic heterocycles. The smallest absolute Gasteiger partial charge is 0.333 e. The van der Waals surface area contributed by atoms with Gasteiger partial charge in [0, 0.05) is 19.6 Å². The molecule has 2 unspecified atom stereocenters. The third-order valence-electron chi connectivity index (χ3n) is 4.25. The SMILES string of the molecule is CCCCCCCNC(=O)C(C)Oc1ccc(CC(OCC)C(=O)O)cc1. The van der Waals surface area contributed by atoms with Gasteiger partial charge < -0.3 is 19.9 Å². The van der Waals surface area contributed by atoms with Gasteiger partial charge in [0.1, 0.15) is 5.75 Å². The molecule has 1 aromatic carbocycles. The molecule has 2 N–H and O–H groups in total. The Morgan fingerprint density at radius 3 is 2.33 bits per heavy atom. The van der Waals surface area contributed by atoms with E-state index in [0.717, 1.165) is 18.4 Å². The van der Waals surface area contributed by atoms with E-state index in [2.05, 4.69) is 12.2 Å². The van der Waals surface area contributed by atoms with Gasteiger partial charge in [-0.25, -0.2) is 4.79 Å². The number of carboxylic acid groups (broad SMARTS) is 1. The maximum Gasteiger partial charge on any atom is 0.333 e. The lowest BCUT2D eigenvalue weighted by molar-refractivity contribution is -0.150. The first-order valence-electron chi connectivity index (χ1n) is 9.85. The summed E-state index contributed by atoms with van der Waals surface area (Å²) >= 11 is 0. The predicted molar refractivity (Wildman–Crippen MR) is 105 cm³/mol. The number of aliphatic carboxylic acids is 1. The molecule has 1 amide bonds. The van der Waals surface area contributed by atoms with Crippen LogP contribution < -0.4 is 10.1 Å². The number of hydrogen-bond donors (Lipinski definition) is 2. The number of unbranched alkanes of at least 4 members (excludes halogenated alkanes) is 4. The van der Waals surface area contributed by atoms with Gasteiger partial charge in [0.05, 0.1) is 0 Å². The van der Waals surface area contributed by atoms with Crippen molar-refractivity contribution >= 4 is 11.9 Å². The van der Waals surface area contributed by atoms with Crippen LogP contribution in [-0.2, 0) is 20.7 Å². The molecule has 6 nitrogen and oxygen atoms in total. The highest BCUT2D eigenvalue weighted by atomic mass is 16.5. The standard InChI is InChI=1S/C21H33NO5/c1-4-6-7-8-9-14-22-20(23)16(3)27-18-12-10-17(11-13-18)15-19(21(24)25)26-5-2/h10-13,16,19H,4-9,14-15H2,1-3H3,(H,22,23)(H,24,25). The second kappa shape index (κ2) is 13.1. The summed E-state index contributed by atoms with van der Waals surface area (Å²) in [6, 6.07) is 7.08. The Balaban J connectivity index is 2.40. The summed E-state index contributed by atoms with van der Waals surface area (Å²) in [5.74, 6) is -0.526. The van der Waals surface area contributed by atoms with E-state index in [1.165, 1.54) is 19.3 Å². The maximum absolute atomic E-state index is 12.1. The molecule has 0 spiro atoms. The van der Waals surface area contributed by atoms with Crippen LogP contribution in [0, 0.1) is 0 Å². The Morgan fingerprint density at radius 1 is 1.07 bits per heavy atom. The quantitative estimate of drug-likeness (QED) is 0.483. The minimum atomic E-state index is -0.975. The molecule has 0 fully saturated rings. The maximum atomic E-state index is 12.1. The van der Waals surface area contributed by atoms with Crippen molar-refractivity contribution in [3.63, 3.8) is 0 Å². The van der Waals surface area contributed by atoms with Crippen molar-refractivity contribution in [3.05, 3.63) is 29.8 Å². The molecule has 0 saturated heterocycles. The van der Waals surface area contributed by atoms with E-state index in [4.69, 9.17) is 14.6 Å². The van der Waals surface area contributed by atoms with Gasteiger partial charge in [-0.1, -0.05) is 44.7 Å². The van der Waals surface area contributed by atoms with Crippen molar-refractivity contribution in [1.82, 2.24) is 5.32 Å². The average molecular weight is 379 g/mol. The topological polar surface area (TPSA) is 84.9 Å². The average Bonchev–Trinajstić information content (AvgIpc) is 2.65. The summed E-state index contributed by atoms with van der Waals surface area (Å²) in [6.07, 6.45) is 4.61. The van der Waals surface area contributed by atoms with Crippen LogP contribution in [0.4, 0.5) is 0 Å². The van der Waals surface area contributed by atoms with Crippen LogP contribution in [0.5, 0.6) is 5.75 Å². The van der Waals surface area contributed by atoms with Crippen LogP contribution in [0.25, 0.3) is 0 Å². The monoisotopic (exact) mass is 379 g/mol. The first-order valence-corrected chi connectivity index (χ1v) is 9.85. The number of benzene rings is 1. The lowest BCUT2D eigenvalue weighted by Gasteiger charge is -2.16. The van der Waals surface area contributed by atoms with Crippen LogP contribution in [0.15, 0.2) is 24.3 Å². The molecule has 0 radical (unpaired) electrons. The number of rotatable bonds is 14. The number of carboxylic acids is 1. The zero-order chi connectivity index (χ0) is 20.1. The molecule has 0 bridgehead atoms. The molecule has 1 rings (SSSR count). The Kier molecular flexibility index (Phi) is 11.2. The second-order valence-corrected chi connectivity index (χ2v) is 6.60. The van der Waals surface area contributed by atoms with Crippen LogP contribution in [0.3, 0.4) is 0 Å². The van der Waals surface area contributed by atoms with Gasteiger partial charge in [-0.15, -0.1) is 0 Å². The highest BCUT2D eigenvalue weighted by Gasteiger charge is 2.18. The molecular weight excluding hydrogens is 346 g/mol. The van der Waals surface area contributed by atoms with Gasteiger partial charge >= 0.3 is 5.97 Å². The molecule has 6 heteroatoms. The minimum absolute atomic E-state index is 0.128. The number of nitrogens with one attached hydrogen (secondary N) is 1. The molecule has 0 saturated carbocycles. The van der Waals surface area contributed by atoms with E-state index < -0.39 is 18.2 Å². The van der Waals surface area contributed by atoms with Gasteiger partial charge in [-0.05, 0) is 38.0 Å². The van der Waals surface area contributed by atoms with Crippen LogP contribution in [0.2, 0.25) is 0 Å². The molecule has 0 heterocycles. The fraction of sp³-hybridized carbons (Fsp3) is 0.619. The van der Waals surface area contributed by atoms with E-state index in [0.29, 0.717) is 18.9 Å². The number of ether oxygens (including phenoxy) is 2. The summed E-state index contributed by atoms with van der Waals surface area (Å²) in [5.41, 5.74) is 0.840. The molecule has 0 aliphatic rings. The molecule has 2 atom stereocenters. The van der Waals surface area contributed by atoms with E-state index in [1.807, 2.05) is 0 Å². The third-order valence-corrected chi connectivity index (χ3v) is 4.25. The Hall–Kier alpha value is -2.08. The van der Waals surface area contributed by atoms with Gasteiger partial charge in [-0.2, -0.15) is 0 Å². The molecule has 0 aliphatic carbocycles. The molecule has 27 heavy (non-hydrogen) atoms. The predicted octanol–water partition coefficient (Wildman–Crippen LogP) is 3.57. The summed E-state index contributed by atoms with van der Waals surface area (Å²) in [4.78, 5) is 23.2. The van der Waals surface area contributed by atoms with Gasteiger partial charge in [-0.3, -0.25) is 4.79 Å². The van der Waals surface area contributed by atoms with E-state index in [-0.39, 0.29) is 12.3 Å². The van der Waals surface area contributed by atoms with E-state index in [9.17, 15) is 9.59 Å². The first kappa shape index (κ1) is 23.0. The fourth-order valence-corrected chi connectivity index (χ4v) is 2.68. The molecule has 1 aromatic rings. The van der Waals surface area contributed by atoms with E-state index >= 15 is 0 Å². The van der Waals surface area contributed by atoms with Gasteiger partial charge in [0.15, 0.2) is 12.2 Å². The van der Waals surface area contributed by atoms with Crippen molar-refractivity contribution in [3.8, 4) is 5.75 Å². The lowest BCUT2D eigenvalue weighted by atomic mass is 10.1. The summed E-state index contributed by atoms with van der Waals surface area (Å²) in [5, 5.41) is 12.0. The summed E-state index contributed by atoms with van der Waals surface area (Å²) in [6.45, 7) is 6.68. The summed E-state index contributed by atoms with van der Waals surface area (Å²) in [7, 11) is 0. The second-order valence-electron chi connectivity index (χ2n) is 6.60. The van der Waals surface area contributed by atoms with Crippen LogP contribution in [-0.4, -0.2) is 42.3 Å². The van der Waals surface area contributed by atoms with Gasteiger partial charge in [0.25, 0.3) is 5.91 Å².